The Morgan fingerprint density at radius 3 is 2.58 bits per heavy atom. The third kappa shape index (κ3) is 4.30. The van der Waals surface area contributed by atoms with Crippen LogP contribution in [0.1, 0.15) is 22.3 Å². The highest BCUT2D eigenvalue weighted by atomic mass is 32.2. The number of hydrogen-bond acceptors (Lipinski definition) is 4. The van der Waals surface area contributed by atoms with Crippen LogP contribution in [0.25, 0.3) is 0 Å². The van der Waals surface area contributed by atoms with Crippen molar-refractivity contribution >= 4 is 15.9 Å². The van der Waals surface area contributed by atoms with Crippen molar-refractivity contribution < 1.29 is 13.2 Å². The molecule has 0 aliphatic heterocycles. The molecule has 0 bridgehead atoms. The van der Waals surface area contributed by atoms with Crippen LogP contribution < -0.4 is 15.8 Å². The largest absolute Gasteiger partial charge is 0.366 e. The Hall–Kier alpha value is -1.44. The third-order valence-electron chi connectivity index (χ3n) is 2.68. The van der Waals surface area contributed by atoms with Gasteiger partial charge in [0, 0.05) is 12.1 Å². The topological polar surface area (TPSA) is 101 Å². The van der Waals surface area contributed by atoms with E-state index in [0.29, 0.717) is 18.5 Å². The highest BCUT2D eigenvalue weighted by molar-refractivity contribution is 7.89. The van der Waals surface area contributed by atoms with E-state index in [1.54, 1.807) is 20.0 Å². The lowest BCUT2D eigenvalue weighted by molar-refractivity contribution is 0.0999. The van der Waals surface area contributed by atoms with E-state index < -0.39 is 15.9 Å². The Balaban J connectivity index is 2.89. The first-order valence-electron chi connectivity index (χ1n) is 5.93. The van der Waals surface area contributed by atoms with Gasteiger partial charge >= 0.3 is 0 Å². The maximum atomic E-state index is 12.0. The number of amides is 1. The maximum absolute atomic E-state index is 12.0. The lowest BCUT2D eigenvalue weighted by atomic mass is 10.1. The summed E-state index contributed by atoms with van der Waals surface area (Å²) < 4.78 is 26.5. The fraction of sp³-hybridized carbons (Fsp3) is 0.417. The number of nitrogens with two attached hydrogens (primary N) is 1. The van der Waals surface area contributed by atoms with Crippen LogP contribution in [0.4, 0.5) is 0 Å². The van der Waals surface area contributed by atoms with E-state index >= 15 is 0 Å². The number of benzene rings is 1. The first kappa shape index (κ1) is 15.6. The molecule has 19 heavy (non-hydrogen) atoms. The summed E-state index contributed by atoms with van der Waals surface area (Å²) in [6.45, 7) is 2.77. The number of carbonyl (C=O) groups excluding carboxylic acids is 1. The van der Waals surface area contributed by atoms with E-state index in [4.69, 9.17) is 5.73 Å². The predicted molar refractivity (Wildman–Crippen MR) is 73.4 cm³/mol. The summed E-state index contributed by atoms with van der Waals surface area (Å²) in [4.78, 5) is 11.3. The summed E-state index contributed by atoms with van der Waals surface area (Å²) in [6, 6.07) is 4.34. The second kappa shape index (κ2) is 6.65. The highest BCUT2D eigenvalue weighted by Gasteiger charge is 2.16. The molecule has 4 N–H and O–H groups in total. The van der Waals surface area contributed by atoms with Gasteiger partial charge in [-0.1, -0.05) is 6.07 Å². The quantitative estimate of drug-likeness (QED) is 0.613. The molecular formula is C12H19N3O3S. The number of nitrogens with one attached hydrogen (secondary N) is 2. The van der Waals surface area contributed by atoms with Gasteiger partial charge in [0.05, 0.1) is 4.90 Å². The van der Waals surface area contributed by atoms with Crippen molar-refractivity contribution in [3.05, 3.63) is 29.3 Å². The summed E-state index contributed by atoms with van der Waals surface area (Å²) in [5.74, 6) is -0.635. The Kier molecular flexibility index (Phi) is 5.46. The predicted octanol–water partition coefficient (Wildman–Crippen LogP) is -0.0183. The molecule has 0 saturated heterocycles. The van der Waals surface area contributed by atoms with Crippen LogP contribution in [0.5, 0.6) is 0 Å². The van der Waals surface area contributed by atoms with Crippen LogP contribution in [-0.2, 0) is 10.0 Å². The Bertz CT molecular complexity index is 555. The molecule has 0 atom stereocenters. The van der Waals surface area contributed by atoms with E-state index in [1.165, 1.54) is 12.1 Å². The SMILES string of the molecule is CNCCCNS(=O)(=O)c1ccc(C)c(C(N)=O)c1. The van der Waals surface area contributed by atoms with Gasteiger partial charge in [0.25, 0.3) is 0 Å². The van der Waals surface area contributed by atoms with Crippen molar-refractivity contribution in [3.63, 3.8) is 0 Å². The van der Waals surface area contributed by atoms with Gasteiger partial charge in [-0.3, -0.25) is 4.79 Å². The average Bonchev–Trinajstić information content (AvgIpc) is 2.34. The zero-order chi connectivity index (χ0) is 14.5. The van der Waals surface area contributed by atoms with Crippen LogP contribution in [0.2, 0.25) is 0 Å². The molecule has 0 radical (unpaired) electrons. The van der Waals surface area contributed by atoms with Crippen LogP contribution in [0.3, 0.4) is 0 Å². The minimum Gasteiger partial charge on any atom is -0.366 e. The molecule has 1 aromatic rings. The van der Waals surface area contributed by atoms with Crippen molar-refractivity contribution in [2.45, 2.75) is 18.2 Å². The second-order valence-electron chi connectivity index (χ2n) is 4.20. The number of sulfonamides is 1. The van der Waals surface area contributed by atoms with E-state index in [1.807, 2.05) is 0 Å². The van der Waals surface area contributed by atoms with Crippen molar-refractivity contribution in [1.82, 2.24) is 10.0 Å². The van der Waals surface area contributed by atoms with Crippen molar-refractivity contribution in [1.29, 1.82) is 0 Å². The first-order valence-corrected chi connectivity index (χ1v) is 7.41. The minimum absolute atomic E-state index is 0.0522. The smallest absolute Gasteiger partial charge is 0.249 e. The average molecular weight is 285 g/mol. The lowest BCUT2D eigenvalue weighted by Gasteiger charge is -2.09. The van der Waals surface area contributed by atoms with Crippen LogP contribution in [0, 0.1) is 6.92 Å². The molecule has 7 heteroatoms. The highest BCUT2D eigenvalue weighted by Crippen LogP contribution is 2.15. The van der Waals surface area contributed by atoms with Crippen molar-refractivity contribution in [2.24, 2.45) is 5.73 Å². The van der Waals surface area contributed by atoms with E-state index in [0.717, 1.165) is 6.54 Å². The van der Waals surface area contributed by atoms with Gasteiger partial charge in [-0.15, -0.1) is 0 Å². The molecule has 0 aliphatic carbocycles. The molecule has 6 nitrogen and oxygen atoms in total. The van der Waals surface area contributed by atoms with E-state index in [-0.39, 0.29) is 10.5 Å². The maximum Gasteiger partial charge on any atom is 0.249 e. The second-order valence-corrected chi connectivity index (χ2v) is 5.96. The molecule has 0 unspecified atom stereocenters. The van der Waals surface area contributed by atoms with Crippen LogP contribution in [0.15, 0.2) is 23.1 Å². The monoisotopic (exact) mass is 285 g/mol. The Morgan fingerprint density at radius 1 is 1.32 bits per heavy atom. The summed E-state index contributed by atoms with van der Waals surface area (Å²) >= 11 is 0. The molecule has 1 amide bonds. The fourth-order valence-electron chi connectivity index (χ4n) is 1.59. The molecule has 0 heterocycles. The fourth-order valence-corrected chi connectivity index (χ4v) is 2.69. The van der Waals surface area contributed by atoms with Crippen molar-refractivity contribution in [2.75, 3.05) is 20.1 Å². The van der Waals surface area contributed by atoms with Gasteiger partial charge in [-0.25, -0.2) is 13.1 Å². The zero-order valence-electron chi connectivity index (χ0n) is 11.1. The minimum atomic E-state index is -3.60. The lowest BCUT2D eigenvalue weighted by Crippen LogP contribution is -2.27. The van der Waals surface area contributed by atoms with Crippen LogP contribution >= 0.6 is 0 Å². The normalized spacial score (nSPS) is 11.5. The zero-order valence-corrected chi connectivity index (χ0v) is 11.9. The molecule has 0 spiro atoms. The summed E-state index contributed by atoms with van der Waals surface area (Å²) in [5.41, 5.74) is 6.08. The molecule has 1 aromatic carbocycles. The van der Waals surface area contributed by atoms with Gasteiger partial charge in [-0.2, -0.15) is 0 Å². The van der Waals surface area contributed by atoms with Gasteiger partial charge in [0.15, 0.2) is 0 Å². The van der Waals surface area contributed by atoms with Gasteiger partial charge < -0.3 is 11.1 Å². The third-order valence-corrected chi connectivity index (χ3v) is 4.14. The van der Waals surface area contributed by atoms with Crippen molar-refractivity contribution in [3.8, 4) is 0 Å². The summed E-state index contributed by atoms with van der Waals surface area (Å²) in [7, 11) is -1.80. The molecule has 1 rings (SSSR count). The standard InChI is InChI=1S/C12H19N3O3S/c1-9-4-5-10(8-11(9)12(13)16)19(17,18)15-7-3-6-14-2/h4-5,8,14-15H,3,6-7H2,1-2H3,(H2,13,16). The number of hydrogen-bond donors (Lipinski definition) is 3. The first-order chi connectivity index (χ1) is 8.88. The number of rotatable bonds is 7. The number of carbonyl (C=O) groups is 1. The Morgan fingerprint density at radius 2 is 2.00 bits per heavy atom. The van der Waals surface area contributed by atoms with Gasteiger partial charge in [-0.05, 0) is 44.6 Å². The molecule has 0 fully saturated rings. The number of aryl methyl sites for hydroxylation is 1. The van der Waals surface area contributed by atoms with E-state index in [2.05, 4.69) is 10.0 Å². The molecule has 0 aromatic heterocycles. The number of primary amides is 1. The molecule has 0 saturated carbocycles. The Labute approximate surface area is 113 Å². The molecule has 106 valence electrons. The molecule has 0 aliphatic rings. The van der Waals surface area contributed by atoms with E-state index in [9.17, 15) is 13.2 Å². The van der Waals surface area contributed by atoms with Crippen LogP contribution in [-0.4, -0.2) is 34.5 Å². The molecular weight excluding hydrogens is 266 g/mol. The van der Waals surface area contributed by atoms with Gasteiger partial charge in [0.2, 0.25) is 15.9 Å². The summed E-state index contributed by atoms with van der Waals surface area (Å²) in [5, 5.41) is 2.93. The van der Waals surface area contributed by atoms with Gasteiger partial charge in [0.1, 0.15) is 0 Å². The summed E-state index contributed by atoms with van der Waals surface area (Å²) in [6.07, 6.45) is 0.685.